The molecule has 0 saturated carbocycles. The zero-order valence-corrected chi connectivity index (χ0v) is 16.3. The van der Waals surface area contributed by atoms with E-state index in [-0.39, 0.29) is 0 Å². The monoisotopic (exact) mass is 487 g/mol. The van der Waals surface area contributed by atoms with Crippen molar-refractivity contribution in [2.75, 3.05) is 13.7 Å². The highest BCUT2D eigenvalue weighted by Gasteiger charge is 2.46. The lowest BCUT2D eigenvalue weighted by molar-refractivity contribution is -0.110. The molecule has 3 rings (SSSR count). The molecule has 0 N–H and O–H groups in total. The molecular weight excluding hydrogens is 477 g/mol. The highest BCUT2D eigenvalue weighted by atomic mass is 79.9. The number of nitrogens with zero attached hydrogens (tertiary/aromatic N) is 1. The maximum absolute atomic E-state index is 13.8. The van der Waals surface area contributed by atoms with Gasteiger partial charge in [0.05, 0.1) is 12.6 Å². The summed E-state index contributed by atoms with van der Waals surface area (Å²) in [6.45, 7) is -0.458. The Hall–Kier alpha value is -1.76. The number of halogens is 6. The van der Waals surface area contributed by atoms with Crippen LogP contribution in [0.4, 0.5) is 22.0 Å². The van der Waals surface area contributed by atoms with Crippen LogP contribution in [0.5, 0.6) is 5.75 Å². The molecule has 0 aromatic heterocycles. The van der Waals surface area contributed by atoms with Gasteiger partial charge in [0, 0.05) is 11.5 Å². The molecule has 1 saturated heterocycles. The van der Waals surface area contributed by atoms with Crippen LogP contribution in [-0.4, -0.2) is 32.4 Å². The fraction of sp³-hybridized carbons (Fsp3) is 0.250. The molecule has 1 fully saturated rings. The average Bonchev–Trinajstić information content (AvgIpc) is 3.05. The normalized spacial score (nSPS) is 20.5. The first-order chi connectivity index (χ1) is 13.1. The second-order valence-corrected chi connectivity index (χ2v) is 8.43. The van der Waals surface area contributed by atoms with Gasteiger partial charge >= 0.3 is 10.1 Å². The van der Waals surface area contributed by atoms with Gasteiger partial charge in [-0.3, -0.25) is 4.84 Å². The standard InChI is InChI=1S/C16H11BrF5NO4S/c1-23-15(7-4-2-3-5-8(7)17)9(6-26-23)28(24,25)27-16-13(21)11(19)10(18)12(20)14(16)22/h2-5,9,15H,6H2,1H3/t9-,15+/m0/s1. The first kappa shape index (κ1) is 21.0. The van der Waals surface area contributed by atoms with E-state index in [1.165, 1.54) is 12.1 Å². The summed E-state index contributed by atoms with van der Waals surface area (Å²) in [5.74, 6) is -13.7. The van der Waals surface area contributed by atoms with E-state index in [0.717, 1.165) is 0 Å². The van der Waals surface area contributed by atoms with Crippen molar-refractivity contribution in [2.45, 2.75) is 11.3 Å². The molecule has 0 bridgehead atoms. The molecule has 2 aromatic carbocycles. The predicted octanol–water partition coefficient (Wildman–Crippen LogP) is 3.84. The Bertz CT molecular complexity index is 1010. The first-order valence-electron chi connectivity index (χ1n) is 7.61. The number of benzene rings is 2. The molecule has 12 heteroatoms. The van der Waals surface area contributed by atoms with E-state index in [1.807, 2.05) is 0 Å². The SMILES string of the molecule is CN1OC[C@H](S(=O)(=O)Oc2c(F)c(F)c(F)c(F)c2F)[C@H]1c1ccccc1Br. The smallest absolute Gasteiger partial charge is 0.316 e. The summed E-state index contributed by atoms with van der Waals surface area (Å²) in [7, 11) is -3.45. The summed E-state index contributed by atoms with van der Waals surface area (Å²) in [5.41, 5.74) is 0.456. The van der Waals surface area contributed by atoms with Crippen LogP contribution < -0.4 is 4.18 Å². The minimum Gasteiger partial charge on any atom is -0.376 e. The first-order valence-corrected chi connectivity index (χ1v) is 9.87. The summed E-state index contributed by atoms with van der Waals surface area (Å²) in [6, 6.07) is 5.55. The van der Waals surface area contributed by atoms with E-state index in [9.17, 15) is 30.4 Å². The zero-order valence-electron chi connectivity index (χ0n) is 13.9. The van der Waals surface area contributed by atoms with Crippen LogP contribution in [0, 0.1) is 29.1 Å². The van der Waals surface area contributed by atoms with Crippen molar-refractivity contribution in [3.05, 3.63) is 63.4 Å². The van der Waals surface area contributed by atoms with Gasteiger partial charge in [0.25, 0.3) is 0 Å². The third kappa shape index (κ3) is 3.49. The molecular formula is C16H11BrF5NO4S. The van der Waals surface area contributed by atoms with E-state index in [0.29, 0.717) is 10.0 Å². The van der Waals surface area contributed by atoms with Gasteiger partial charge in [-0.25, -0.2) is 13.2 Å². The molecule has 0 amide bonds. The van der Waals surface area contributed by atoms with Gasteiger partial charge in [-0.2, -0.15) is 22.3 Å². The third-order valence-corrected chi connectivity index (χ3v) is 6.41. The predicted molar refractivity (Wildman–Crippen MR) is 90.2 cm³/mol. The number of hydrogen-bond acceptors (Lipinski definition) is 5. The Morgan fingerprint density at radius 1 is 1.04 bits per heavy atom. The fourth-order valence-corrected chi connectivity index (χ4v) is 4.67. The molecule has 5 nitrogen and oxygen atoms in total. The van der Waals surface area contributed by atoms with Crippen molar-refractivity contribution >= 4 is 26.0 Å². The molecule has 1 heterocycles. The largest absolute Gasteiger partial charge is 0.376 e. The van der Waals surface area contributed by atoms with Gasteiger partial charge in [-0.05, 0) is 11.6 Å². The lowest BCUT2D eigenvalue weighted by Crippen LogP contribution is -2.34. The lowest BCUT2D eigenvalue weighted by Gasteiger charge is -2.23. The van der Waals surface area contributed by atoms with Gasteiger partial charge in [0.1, 0.15) is 5.25 Å². The quantitative estimate of drug-likeness (QED) is 0.284. The van der Waals surface area contributed by atoms with Crippen molar-refractivity contribution in [1.29, 1.82) is 0 Å². The maximum atomic E-state index is 13.8. The van der Waals surface area contributed by atoms with Gasteiger partial charge < -0.3 is 4.18 Å². The molecule has 0 spiro atoms. The fourth-order valence-electron chi connectivity index (χ4n) is 2.78. The van der Waals surface area contributed by atoms with Crippen molar-refractivity contribution in [3.8, 4) is 5.75 Å². The van der Waals surface area contributed by atoms with Crippen LogP contribution in [0.15, 0.2) is 28.7 Å². The lowest BCUT2D eigenvalue weighted by atomic mass is 10.0. The summed E-state index contributed by atoms with van der Waals surface area (Å²) >= 11 is 3.27. The molecule has 0 radical (unpaired) electrons. The van der Waals surface area contributed by atoms with E-state index >= 15 is 0 Å². The Labute approximate surface area is 164 Å². The number of hydroxylamine groups is 2. The van der Waals surface area contributed by atoms with Gasteiger partial charge in [-0.15, -0.1) is 0 Å². The van der Waals surface area contributed by atoms with Crippen LogP contribution in [0.3, 0.4) is 0 Å². The second-order valence-electron chi connectivity index (χ2n) is 5.82. The Morgan fingerprint density at radius 2 is 1.57 bits per heavy atom. The Morgan fingerprint density at radius 3 is 2.14 bits per heavy atom. The minimum absolute atomic E-state index is 0.456. The summed E-state index contributed by atoms with van der Waals surface area (Å²) in [5, 5.41) is -0.310. The number of rotatable bonds is 4. The molecule has 2 aromatic rings. The molecule has 152 valence electrons. The highest BCUT2D eigenvalue weighted by Crippen LogP contribution is 2.39. The molecule has 0 unspecified atom stereocenters. The minimum atomic E-state index is -4.87. The second kappa shape index (κ2) is 7.58. The zero-order chi connectivity index (χ0) is 20.8. The van der Waals surface area contributed by atoms with Crippen LogP contribution in [-0.2, 0) is 15.0 Å². The van der Waals surface area contributed by atoms with E-state index < -0.39 is 62.9 Å². The number of hydrogen-bond donors (Lipinski definition) is 0. The third-order valence-electron chi connectivity index (χ3n) is 4.15. The molecule has 1 aliphatic heterocycles. The van der Waals surface area contributed by atoms with Crippen LogP contribution >= 0.6 is 15.9 Å². The van der Waals surface area contributed by atoms with Crippen LogP contribution in [0.1, 0.15) is 11.6 Å². The van der Waals surface area contributed by atoms with Crippen molar-refractivity contribution in [2.24, 2.45) is 0 Å². The van der Waals surface area contributed by atoms with Gasteiger partial charge in [-0.1, -0.05) is 34.1 Å². The summed E-state index contributed by atoms with van der Waals surface area (Å²) in [6.07, 6.45) is 0. The van der Waals surface area contributed by atoms with Crippen molar-refractivity contribution < 1.29 is 39.4 Å². The van der Waals surface area contributed by atoms with E-state index in [1.54, 1.807) is 24.3 Å². The molecule has 0 aliphatic carbocycles. The van der Waals surface area contributed by atoms with Gasteiger partial charge in [0.2, 0.25) is 34.8 Å². The highest BCUT2D eigenvalue weighted by molar-refractivity contribution is 9.10. The summed E-state index contributed by atoms with van der Waals surface area (Å²) < 4.78 is 97.6. The average molecular weight is 488 g/mol. The summed E-state index contributed by atoms with van der Waals surface area (Å²) in [4.78, 5) is 5.20. The van der Waals surface area contributed by atoms with Crippen molar-refractivity contribution in [1.82, 2.24) is 5.06 Å². The topological polar surface area (TPSA) is 55.8 Å². The molecule has 1 aliphatic rings. The Kier molecular flexibility index (Phi) is 5.67. The van der Waals surface area contributed by atoms with Crippen LogP contribution in [0.25, 0.3) is 0 Å². The van der Waals surface area contributed by atoms with E-state index in [4.69, 9.17) is 4.84 Å². The van der Waals surface area contributed by atoms with Crippen molar-refractivity contribution in [3.63, 3.8) is 0 Å². The van der Waals surface area contributed by atoms with Gasteiger partial charge in [0.15, 0.2) is 0 Å². The molecule has 28 heavy (non-hydrogen) atoms. The van der Waals surface area contributed by atoms with Crippen LogP contribution in [0.2, 0.25) is 0 Å². The Balaban J connectivity index is 2.03. The maximum Gasteiger partial charge on any atom is 0.316 e. The van der Waals surface area contributed by atoms with E-state index in [2.05, 4.69) is 20.1 Å². The molecule has 2 atom stereocenters.